The second-order valence-corrected chi connectivity index (χ2v) is 10.8. The third-order valence-corrected chi connectivity index (χ3v) is 6.74. The summed E-state index contributed by atoms with van der Waals surface area (Å²) in [5.41, 5.74) is 8.79. The van der Waals surface area contributed by atoms with E-state index in [9.17, 15) is 13.2 Å². The molecule has 2 aromatic carbocycles. The number of pyridine rings is 1. The number of hydrogen-bond acceptors (Lipinski definition) is 9. The minimum atomic E-state index is -3.37. The standard InChI is InChI=1S/C24H21N7O3S2/c1-13-3-8-17-14(11-13)12-19(26-15-4-6-16(7-5-15)31-36(2,33)34)28-22(17)30-24(32)23-27-18-9-10-35-20(18)21(25)29-23/h3-12,31H,1-2H3,(H2,25,27,29)(H2,26,28,30,32). The minimum absolute atomic E-state index is 0.0483. The number of nitrogens with two attached hydrogens (primary N) is 1. The van der Waals surface area contributed by atoms with E-state index in [1.54, 1.807) is 30.3 Å². The van der Waals surface area contributed by atoms with Crippen molar-refractivity contribution < 1.29 is 13.2 Å². The van der Waals surface area contributed by atoms with Gasteiger partial charge in [0.2, 0.25) is 15.8 Å². The molecule has 182 valence electrons. The average molecular weight is 520 g/mol. The molecule has 5 rings (SSSR count). The van der Waals surface area contributed by atoms with Gasteiger partial charge in [-0.25, -0.2) is 23.4 Å². The van der Waals surface area contributed by atoms with E-state index in [1.165, 1.54) is 11.3 Å². The summed E-state index contributed by atoms with van der Waals surface area (Å²) in [5, 5.41) is 9.48. The second kappa shape index (κ2) is 9.06. The van der Waals surface area contributed by atoms with E-state index >= 15 is 0 Å². The fraction of sp³-hybridized carbons (Fsp3) is 0.0833. The van der Waals surface area contributed by atoms with Crippen LogP contribution in [-0.4, -0.2) is 35.5 Å². The number of fused-ring (bicyclic) bond motifs is 2. The number of aryl methyl sites for hydroxylation is 1. The average Bonchev–Trinajstić information content (AvgIpc) is 3.28. The summed E-state index contributed by atoms with van der Waals surface area (Å²) < 4.78 is 26.0. The molecule has 0 fully saturated rings. The minimum Gasteiger partial charge on any atom is -0.382 e. The predicted molar refractivity (Wildman–Crippen MR) is 144 cm³/mol. The summed E-state index contributed by atoms with van der Waals surface area (Å²) in [7, 11) is -3.37. The Morgan fingerprint density at radius 1 is 0.972 bits per heavy atom. The quantitative estimate of drug-likeness (QED) is 0.256. The number of hydrogen-bond donors (Lipinski definition) is 4. The van der Waals surface area contributed by atoms with Crippen molar-refractivity contribution in [1.82, 2.24) is 15.0 Å². The molecule has 0 aliphatic carbocycles. The Labute approximate surface area is 210 Å². The topological polar surface area (TPSA) is 152 Å². The van der Waals surface area contributed by atoms with Gasteiger partial charge in [0.15, 0.2) is 0 Å². The summed E-state index contributed by atoms with van der Waals surface area (Å²) in [6, 6.07) is 16.2. The van der Waals surface area contributed by atoms with Crippen molar-refractivity contribution in [2.45, 2.75) is 6.92 Å². The number of nitrogens with one attached hydrogen (secondary N) is 3. The molecule has 5 N–H and O–H groups in total. The lowest BCUT2D eigenvalue weighted by Crippen LogP contribution is -2.17. The van der Waals surface area contributed by atoms with Crippen molar-refractivity contribution in [3.63, 3.8) is 0 Å². The highest BCUT2D eigenvalue weighted by molar-refractivity contribution is 7.92. The van der Waals surface area contributed by atoms with Crippen LogP contribution in [0.25, 0.3) is 21.0 Å². The van der Waals surface area contributed by atoms with Crippen LogP contribution in [0.5, 0.6) is 0 Å². The maximum Gasteiger partial charge on any atom is 0.294 e. The van der Waals surface area contributed by atoms with Crippen molar-refractivity contribution in [1.29, 1.82) is 0 Å². The number of thiophene rings is 1. The lowest BCUT2D eigenvalue weighted by atomic mass is 10.1. The Bertz CT molecular complexity index is 1730. The molecule has 36 heavy (non-hydrogen) atoms. The van der Waals surface area contributed by atoms with Gasteiger partial charge in [-0.05, 0) is 54.1 Å². The largest absolute Gasteiger partial charge is 0.382 e. The molecule has 0 aliphatic rings. The molecule has 3 heterocycles. The molecule has 10 nitrogen and oxygen atoms in total. The summed E-state index contributed by atoms with van der Waals surface area (Å²) >= 11 is 1.41. The van der Waals surface area contributed by atoms with Crippen LogP contribution in [0, 0.1) is 6.92 Å². The molecule has 0 aliphatic heterocycles. The van der Waals surface area contributed by atoms with Gasteiger partial charge in [-0.2, -0.15) is 0 Å². The maximum atomic E-state index is 13.1. The number of sulfonamides is 1. The SMILES string of the molecule is Cc1ccc2c(NC(=O)c3nc(N)c4sccc4n3)nc(Nc3ccc(NS(C)(=O)=O)cc3)cc2c1. The summed E-state index contributed by atoms with van der Waals surface area (Å²) in [5.74, 6) is 0.493. The lowest BCUT2D eigenvalue weighted by molar-refractivity contribution is 0.101. The Morgan fingerprint density at radius 3 is 2.47 bits per heavy atom. The van der Waals surface area contributed by atoms with Crippen LogP contribution in [0.4, 0.5) is 28.8 Å². The van der Waals surface area contributed by atoms with Crippen LogP contribution in [-0.2, 0) is 10.0 Å². The van der Waals surface area contributed by atoms with Crippen LogP contribution < -0.4 is 21.1 Å². The van der Waals surface area contributed by atoms with Gasteiger partial charge in [0.25, 0.3) is 5.91 Å². The molecular weight excluding hydrogens is 498 g/mol. The monoisotopic (exact) mass is 519 g/mol. The van der Waals surface area contributed by atoms with Gasteiger partial charge in [0.1, 0.15) is 17.5 Å². The van der Waals surface area contributed by atoms with E-state index in [0.29, 0.717) is 28.5 Å². The van der Waals surface area contributed by atoms with E-state index in [2.05, 4.69) is 30.3 Å². The number of benzene rings is 2. The predicted octanol–water partition coefficient (Wildman–Crippen LogP) is 4.50. The number of aromatic nitrogens is 3. The zero-order chi connectivity index (χ0) is 25.4. The number of carbonyl (C=O) groups excluding carboxylic acids is 1. The van der Waals surface area contributed by atoms with Crippen molar-refractivity contribution in [2.24, 2.45) is 0 Å². The molecule has 0 unspecified atom stereocenters. The number of rotatable bonds is 6. The van der Waals surface area contributed by atoms with Crippen molar-refractivity contribution in [2.75, 3.05) is 27.3 Å². The lowest BCUT2D eigenvalue weighted by Gasteiger charge is -2.13. The summed E-state index contributed by atoms with van der Waals surface area (Å²) in [6.07, 6.45) is 1.09. The van der Waals surface area contributed by atoms with Crippen LogP contribution in [0.1, 0.15) is 16.2 Å². The molecule has 12 heteroatoms. The summed E-state index contributed by atoms with van der Waals surface area (Å²) in [4.78, 5) is 26.2. The Morgan fingerprint density at radius 2 is 1.72 bits per heavy atom. The zero-order valence-corrected chi connectivity index (χ0v) is 20.9. The Hall–Kier alpha value is -4.29. The second-order valence-electron chi connectivity index (χ2n) is 8.18. The van der Waals surface area contributed by atoms with Gasteiger partial charge in [0.05, 0.1) is 16.5 Å². The Balaban J connectivity index is 1.47. The van der Waals surface area contributed by atoms with Crippen LogP contribution in [0.15, 0.2) is 60.0 Å². The smallest absolute Gasteiger partial charge is 0.294 e. The Kier molecular flexibility index (Phi) is 5.90. The maximum absolute atomic E-state index is 13.1. The van der Waals surface area contributed by atoms with Crippen LogP contribution >= 0.6 is 11.3 Å². The van der Waals surface area contributed by atoms with Gasteiger partial charge in [-0.1, -0.05) is 23.8 Å². The van der Waals surface area contributed by atoms with Gasteiger partial charge in [-0.3, -0.25) is 9.52 Å². The van der Waals surface area contributed by atoms with E-state index in [0.717, 1.165) is 27.3 Å². The number of nitrogens with zero attached hydrogens (tertiary/aromatic N) is 3. The highest BCUT2D eigenvalue weighted by Gasteiger charge is 2.17. The molecule has 0 spiro atoms. The van der Waals surface area contributed by atoms with Crippen molar-refractivity contribution in [3.8, 4) is 0 Å². The molecule has 3 aromatic heterocycles. The first-order valence-electron chi connectivity index (χ1n) is 10.7. The number of carbonyl (C=O) groups is 1. The summed E-state index contributed by atoms with van der Waals surface area (Å²) in [6.45, 7) is 1.98. The molecule has 5 aromatic rings. The van der Waals surface area contributed by atoms with Crippen molar-refractivity contribution >= 4 is 77.1 Å². The van der Waals surface area contributed by atoms with E-state index in [1.807, 2.05) is 36.6 Å². The van der Waals surface area contributed by atoms with Crippen LogP contribution in [0.3, 0.4) is 0 Å². The molecule has 0 bridgehead atoms. The molecule has 1 amide bonds. The highest BCUT2D eigenvalue weighted by atomic mass is 32.2. The van der Waals surface area contributed by atoms with E-state index in [4.69, 9.17) is 5.73 Å². The van der Waals surface area contributed by atoms with Crippen LogP contribution in [0.2, 0.25) is 0 Å². The zero-order valence-electron chi connectivity index (χ0n) is 19.2. The highest BCUT2D eigenvalue weighted by Crippen LogP contribution is 2.29. The molecule has 0 saturated carbocycles. The van der Waals surface area contributed by atoms with Crippen molar-refractivity contribution in [3.05, 3.63) is 71.4 Å². The molecule has 0 atom stereocenters. The fourth-order valence-electron chi connectivity index (χ4n) is 3.67. The van der Waals surface area contributed by atoms with Gasteiger partial charge < -0.3 is 16.4 Å². The number of amides is 1. The van der Waals surface area contributed by atoms with Gasteiger partial charge in [0, 0.05) is 16.8 Å². The fourth-order valence-corrected chi connectivity index (χ4v) is 4.97. The molecule has 0 radical (unpaired) electrons. The first kappa shape index (κ1) is 23.5. The van der Waals surface area contributed by atoms with Gasteiger partial charge in [-0.15, -0.1) is 11.3 Å². The van der Waals surface area contributed by atoms with E-state index in [-0.39, 0.29) is 11.6 Å². The van der Waals surface area contributed by atoms with Gasteiger partial charge >= 0.3 is 0 Å². The third kappa shape index (κ3) is 5.04. The first-order valence-corrected chi connectivity index (χ1v) is 13.5. The normalized spacial score (nSPS) is 11.5. The number of nitrogen functional groups attached to an aromatic ring is 1. The third-order valence-electron chi connectivity index (χ3n) is 5.21. The first-order chi connectivity index (χ1) is 17.1. The van der Waals surface area contributed by atoms with E-state index < -0.39 is 15.9 Å². The number of anilines is 5. The molecular formula is C24H21N7O3S2. The molecule has 0 saturated heterocycles.